The Bertz CT molecular complexity index is 181. The average molecular weight is 193 g/mol. The van der Waals surface area contributed by atoms with Crippen molar-refractivity contribution in [3.05, 3.63) is 0 Å². The third kappa shape index (κ3) is 1.83. The Hall–Kier alpha value is 0.570. The van der Waals surface area contributed by atoms with Gasteiger partial charge in [0.15, 0.2) is 0 Å². The van der Waals surface area contributed by atoms with Crippen LogP contribution in [0.15, 0.2) is 0 Å². The van der Waals surface area contributed by atoms with Crippen LogP contribution in [0.2, 0.25) is 0 Å². The third-order valence-electron chi connectivity index (χ3n) is 2.23. The van der Waals surface area contributed by atoms with Crippen LogP contribution in [0.3, 0.4) is 0 Å². The zero-order chi connectivity index (χ0) is 8.48. The van der Waals surface area contributed by atoms with Crippen molar-refractivity contribution in [3.8, 4) is 0 Å². The Morgan fingerprint density at radius 3 is 2.45 bits per heavy atom. The number of rotatable bonds is 4. The molecule has 0 saturated carbocycles. The van der Waals surface area contributed by atoms with Crippen molar-refractivity contribution in [1.82, 2.24) is 4.67 Å². The van der Waals surface area contributed by atoms with Gasteiger partial charge in [-0.05, 0) is 18.2 Å². The molecule has 0 bridgehead atoms. The van der Waals surface area contributed by atoms with E-state index in [0.29, 0.717) is 5.66 Å². The maximum atomic E-state index is 5.53. The van der Waals surface area contributed by atoms with E-state index in [1.165, 1.54) is 0 Å². The van der Waals surface area contributed by atoms with Crippen molar-refractivity contribution in [1.29, 1.82) is 0 Å². The van der Waals surface area contributed by atoms with Crippen LogP contribution in [-0.4, -0.2) is 30.5 Å². The van der Waals surface area contributed by atoms with E-state index in [9.17, 15) is 0 Å². The molecular formula is C7H16NOPS. The number of hydrogen-bond donors (Lipinski definition) is 0. The van der Waals surface area contributed by atoms with E-state index in [4.69, 9.17) is 16.3 Å². The molecule has 0 N–H and O–H groups in total. The standard InChI is InChI=1S/C7H16NOPS/c1-4-7(2)10(11,9-3)8-5-6-8/h7H,4-6H2,1-3H3. The van der Waals surface area contributed by atoms with Crippen LogP contribution in [0.5, 0.6) is 0 Å². The lowest BCUT2D eigenvalue weighted by atomic mass is 10.4. The summed E-state index contributed by atoms with van der Waals surface area (Å²) < 4.78 is 7.77. The Morgan fingerprint density at radius 2 is 2.18 bits per heavy atom. The van der Waals surface area contributed by atoms with Gasteiger partial charge >= 0.3 is 0 Å². The topological polar surface area (TPSA) is 12.2 Å². The van der Waals surface area contributed by atoms with Crippen molar-refractivity contribution >= 4 is 18.2 Å². The molecule has 1 rings (SSSR count). The minimum Gasteiger partial charge on any atom is -0.341 e. The minimum atomic E-state index is -1.59. The summed E-state index contributed by atoms with van der Waals surface area (Å²) >= 11 is 5.53. The van der Waals surface area contributed by atoms with Gasteiger partial charge in [0.1, 0.15) is 6.42 Å². The molecule has 0 aromatic carbocycles. The highest BCUT2D eigenvalue weighted by Crippen LogP contribution is 2.59. The molecule has 0 spiro atoms. The predicted molar refractivity (Wildman–Crippen MR) is 52.6 cm³/mol. The lowest BCUT2D eigenvalue weighted by molar-refractivity contribution is 0.426. The molecule has 2 nitrogen and oxygen atoms in total. The van der Waals surface area contributed by atoms with Gasteiger partial charge in [0.05, 0.1) is 0 Å². The minimum absolute atomic E-state index is 0.546. The van der Waals surface area contributed by atoms with Gasteiger partial charge in [-0.2, -0.15) is 0 Å². The van der Waals surface area contributed by atoms with Gasteiger partial charge in [0, 0.05) is 25.9 Å². The number of nitrogens with zero attached hydrogens (tertiary/aromatic N) is 1. The third-order valence-corrected chi connectivity index (χ3v) is 7.64. The summed E-state index contributed by atoms with van der Waals surface area (Å²) in [6.07, 6.45) is -0.459. The fourth-order valence-corrected chi connectivity index (χ4v) is 4.32. The van der Waals surface area contributed by atoms with E-state index in [1.54, 1.807) is 7.11 Å². The van der Waals surface area contributed by atoms with Gasteiger partial charge in [-0.15, -0.1) is 0 Å². The van der Waals surface area contributed by atoms with Crippen LogP contribution in [0, 0.1) is 0 Å². The van der Waals surface area contributed by atoms with Crippen LogP contribution >= 0.6 is 6.42 Å². The first-order chi connectivity index (χ1) is 5.15. The molecule has 0 aromatic heterocycles. The van der Waals surface area contributed by atoms with Gasteiger partial charge in [-0.25, -0.2) is 0 Å². The molecule has 1 heterocycles. The second kappa shape index (κ2) is 3.53. The lowest BCUT2D eigenvalue weighted by Gasteiger charge is -2.26. The largest absolute Gasteiger partial charge is 0.341 e. The molecule has 0 aromatic rings. The van der Waals surface area contributed by atoms with Crippen LogP contribution in [0.4, 0.5) is 0 Å². The molecule has 1 aliphatic rings. The summed E-state index contributed by atoms with van der Waals surface area (Å²) in [5.74, 6) is 0. The summed E-state index contributed by atoms with van der Waals surface area (Å²) in [6.45, 7) is 6.67. The molecule has 2 unspecified atom stereocenters. The summed E-state index contributed by atoms with van der Waals surface area (Å²) in [5, 5.41) is 0. The van der Waals surface area contributed by atoms with E-state index < -0.39 is 6.42 Å². The Morgan fingerprint density at radius 1 is 1.64 bits per heavy atom. The first-order valence-electron chi connectivity index (χ1n) is 4.06. The SMILES string of the molecule is CCC(C)P(=S)(OC)N1CC1. The van der Waals surface area contributed by atoms with E-state index in [-0.39, 0.29) is 0 Å². The van der Waals surface area contributed by atoms with Crippen molar-refractivity contribution < 1.29 is 4.52 Å². The Balaban J connectivity index is 2.65. The lowest BCUT2D eigenvalue weighted by Crippen LogP contribution is -2.09. The first-order valence-corrected chi connectivity index (χ1v) is 6.80. The van der Waals surface area contributed by atoms with Gasteiger partial charge in [0.25, 0.3) is 0 Å². The number of hydrogen-bond acceptors (Lipinski definition) is 2. The smallest absolute Gasteiger partial charge is 0.134 e. The Labute approximate surface area is 74.1 Å². The van der Waals surface area contributed by atoms with E-state index in [0.717, 1.165) is 19.5 Å². The first kappa shape index (κ1) is 9.66. The average Bonchev–Trinajstić information content (AvgIpc) is 2.84. The summed E-state index contributed by atoms with van der Waals surface area (Å²) in [4.78, 5) is 0. The van der Waals surface area contributed by atoms with Gasteiger partial charge in [-0.3, -0.25) is 4.67 Å². The molecule has 1 aliphatic heterocycles. The van der Waals surface area contributed by atoms with E-state index in [1.807, 2.05) is 0 Å². The molecule has 4 heteroatoms. The fourth-order valence-electron chi connectivity index (χ4n) is 1.13. The van der Waals surface area contributed by atoms with Crippen LogP contribution < -0.4 is 0 Å². The molecule has 0 aliphatic carbocycles. The second-order valence-corrected chi connectivity index (χ2v) is 7.47. The molecule has 11 heavy (non-hydrogen) atoms. The predicted octanol–water partition coefficient (Wildman–Crippen LogP) is 2.06. The monoisotopic (exact) mass is 193 g/mol. The molecule has 1 saturated heterocycles. The van der Waals surface area contributed by atoms with Gasteiger partial charge < -0.3 is 4.52 Å². The van der Waals surface area contributed by atoms with E-state index >= 15 is 0 Å². The maximum absolute atomic E-state index is 5.53. The van der Waals surface area contributed by atoms with Crippen LogP contribution in [0.25, 0.3) is 0 Å². The summed E-state index contributed by atoms with van der Waals surface area (Å²) in [7, 11) is 1.76. The van der Waals surface area contributed by atoms with Crippen molar-refractivity contribution in [2.75, 3.05) is 20.2 Å². The highest BCUT2D eigenvalue weighted by molar-refractivity contribution is 8.11. The highest BCUT2D eigenvalue weighted by Gasteiger charge is 2.37. The van der Waals surface area contributed by atoms with Crippen LogP contribution in [-0.2, 0) is 16.3 Å². The quantitative estimate of drug-likeness (QED) is 0.501. The molecular weight excluding hydrogens is 177 g/mol. The highest BCUT2D eigenvalue weighted by atomic mass is 32.4. The summed E-state index contributed by atoms with van der Waals surface area (Å²) in [5.41, 5.74) is 0.546. The fraction of sp³-hybridized carbons (Fsp3) is 1.00. The van der Waals surface area contributed by atoms with Crippen molar-refractivity contribution in [2.45, 2.75) is 25.9 Å². The van der Waals surface area contributed by atoms with E-state index in [2.05, 4.69) is 18.5 Å². The molecule has 1 fully saturated rings. The zero-order valence-electron chi connectivity index (χ0n) is 7.41. The van der Waals surface area contributed by atoms with Crippen molar-refractivity contribution in [3.63, 3.8) is 0 Å². The molecule has 0 radical (unpaired) electrons. The molecule has 2 atom stereocenters. The zero-order valence-corrected chi connectivity index (χ0v) is 9.12. The van der Waals surface area contributed by atoms with Crippen LogP contribution in [0.1, 0.15) is 20.3 Å². The van der Waals surface area contributed by atoms with Gasteiger partial charge in [-0.1, -0.05) is 13.8 Å². The maximum Gasteiger partial charge on any atom is 0.134 e. The van der Waals surface area contributed by atoms with Gasteiger partial charge in [0.2, 0.25) is 0 Å². The molecule has 66 valence electrons. The van der Waals surface area contributed by atoms with Crippen molar-refractivity contribution in [2.24, 2.45) is 0 Å². The second-order valence-electron chi connectivity index (χ2n) is 2.96. The molecule has 0 amide bonds. The summed E-state index contributed by atoms with van der Waals surface area (Å²) in [6, 6.07) is 0. The Kier molecular flexibility index (Phi) is 3.10. The normalized spacial score (nSPS) is 26.1.